The first kappa shape index (κ1) is 7.54. The van der Waals surface area contributed by atoms with E-state index in [-0.39, 0.29) is 6.10 Å². The highest BCUT2D eigenvalue weighted by atomic mass is 16.5. The first-order valence-corrected chi connectivity index (χ1v) is 3.74. The van der Waals surface area contributed by atoms with E-state index in [0.29, 0.717) is 0 Å². The first-order chi connectivity index (χ1) is 4.84. The number of ether oxygens (including phenoxy) is 1. The van der Waals surface area contributed by atoms with Crippen LogP contribution in [0.25, 0.3) is 0 Å². The van der Waals surface area contributed by atoms with E-state index < -0.39 is 0 Å². The summed E-state index contributed by atoms with van der Waals surface area (Å²) in [6, 6.07) is 0. The van der Waals surface area contributed by atoms with Crippen LogP contribution in [0, 0.1) is 0 Å². The molecule has 0 amide bonds. The molecule has 0 aromatic carbocycles. The fourth-order valence-corrected chi connectivity index (χ4v) is 1.02. The Bertz CT molecular complexity index is 134. The van der Waals surface area contributed by atoms with Crippen molar-refractivity contribution in [1.29, 1.82) is 0 Å². The number of aliphatic imine (C=N–C) groups is 1. The Balaban J connectivity index is 2.32. The number of hydrogen-bond donors (Lipinski definition) is 1. The van der Waals surface area contributed by atoms with Crippen LogP contribution in [0.15, 0.2) is 4.99 Å². The van der Waals surface area contributed by atoms with Gasteiger partial charge in [0.15, 0.2) is 0 Å². The molecule has 1 heterocycles. The molecule has 1 aliphatic heterocycles. The number of amidine groups is 1. The second kappa shape index (κ2) is 3.56. The second-order valence-electron chi connectivity index (χ2n) is 2.29. The normalized spacial score (nSPS) is 20.0. The van der Waals surface area contributed by atoms with Gasteiger partial charge >= 0.3 is 0 Å². The SMILES string of the molecule is CCOC(C)C1=NCCN1. The summed E-state index contributed by atoms with van der Waals surface area (Å²) in [5, 5.41) is 3.17. The van der Waals surface area contributed by atoms with Gasteiger partial charge in [-0.1, -0.05) is 0 Å². The van der Waals surface area contributed by atoms with Crippen molar-refractivity contribution in [3.8, 4) is 0 Å². The summed E-state index contributed by atoms with van der Waals surface area (Å²) >= 11 is 0. The molecule has 0 spiro atoms. The minimum absolute atomic E-state index is 0.146. The zero-order valence-corrected chi connectivity index (χ0v) is 6.55. The van der Waals surface area contributed by atoms with Gasteiger partial charge in [-0.2, -0.15) is 0 Å². The Morgan fingerprint density at radius 3 is 3.10 bits per heavy atom. The number of nitrogens with zero attached hydrogens (tertiary/aromatic N) is 1. The Kier molecular flexibility index (Phi) is 2.68. The maximum Gasteiger partial charge on any atom is 0.126 e. The molecule has 3 heteroatoms. The third kappa shape index (κ3) is 1.70. The van der Waals surface area contributed by atoms with Crippen LogP contribution in [0.3, 0.4) is 0 Å². The predicted molar refractivity (Wildman–Crippen MR) is 41.4 cm³/mol. The van der Waals surface area contributed by atoms with Crippen molar-refractivity contribution in [3.63, 3.8) is 0 Å². The average Bonchev–Trinajstić information content (AvgIpc) is 2.38. The van der Waals surface area contributed by atoms with Crippen molar-refractivity contribution in [2.75, 3.05) is 19.7 Å². The van der Waals surface area contributed by atoms with E-state index in [4.69, 9.17) is 4.74 Å². The maximum atomic E-state index is 5.33. The molecule has 0 aromatic heterocycles. The lowest BCUT2D eigenvalue weighted by atomic mass is 10.4. The first-order valence-electron chi connectivity index (χ1n) is 3.74. The summed E-state index contributed by atoms with van der Waals surface area (Å²) in [5.41, 5.74) is 0. The highest BCUT2D eigenvalue weighted by molar-refractivity contribution is 5.87. The standard InChI is InChI=1S/C7H14N2O/c1-3-10-6(2)7-8-4-5-9-7/h6H,3-5H2,1-2H3,(H,8,9). The molecule has 58 valence electrons. The molecule has 1 N–H and O–H groups in total. The quantitative estimate of drug-likeness (QED) is 0.619. The van der Waals surface area contributed by atoms with Gasteiger partial charge in [-0.25, -0.2) is 0 Å². The van der Waals surface area contributed by atoms with E-state index in [0.717, 1.165) is 25.5 Å². The van der Waals surface area contributed by atoms with Crippen molar-refractivity contribution < 1.29 is 4.74 Å². The van der Waals surface area contributed by atoms with Gasteiger partial charge in [-0.15, -0.1) is 0 Å². The fraction of sp³-hybridized carbons (Fsp3) is 0.857. The van der Waals surface area contributed by atoms with Crippen LogP contribution >= 0.6 is 0 Å². The number of hydrogen-bond acceptors (Lipinski definition) is 3. The van der Waals surface area contributed by atoms with Crippen LogP contribution in [-0.4, -0.2) is 31.6 Å². The van der Waals surface area contributed by atoms with Crippen molar-refractivity contribution in [2.45, 2.75) is 20.0 Å². The molecule has 0 bridgehead atoms. The predicted octanol–water partition coefficient (Wildman–Crippen LogP) is 0.413. The van der Waals surface area contributed by atoms with Gasteiger partial charge in [0.25, 0.3) is 0 Å². The fourth-order valence-electron chi connectivity index (χ4n) is 1.02. The highest BCUT2D eigenvalue weighted by Gasteiger charge is 2.12. The summed E-state index contributed by atoms with van der Waals surface area (Å²) in [6.45, 7) is 6.62. The number of rotatable bonds is 3. The van der Waals surface area contributed by atoms with E-state index in [9.17, 15) is 0 Å². The highest BCUT2D eigenvalue weighted by Crippen LogP contribution is 1.96. The molecule has 0 saturated carbocycles. The van der Waals surface area contributed by atoms with Gasteiger partial charge in [0.1, 0.15) is 11.9 Å². The van der Waals surface area contributed by atoms with Gasteiger partial charge in [0.2, 0.25) is 0 Å². The average molecular weight is 142 g/mol. The summed E-state index contributed by atoms with van der Waals surface area (Å²) in [6.07, 6.45) is 0.146. The molecule has 1 unspecified atom stereocenters. The monoisotopic (exact) mass is 142 g/mol. The van der Waals surface area contributed by atoms with E-state index in [1.165, 1.54) is 0 Å². The Morgan fingerprint density at radius 1 is 1.80 bits per heavy atom. The van der Waals surface area contributed by atoms with Gasteiger partial charge in [-0.05, 0) is 13.8 Å². The minimum atomic E-state index is 0.146. The summed E-state index contributed by atoms with van der Waals surface area (Å²) in [4.78, 5) is 4.23. The molecule has 0 aliphatic carbocycles. The molecular formula is C7H14N2O. The second-order valence-corrected chi connectivity index (χ2v) is 2.29. The lowest BCUT2D eigenvalue weighted by molar-refractivity contribution is 0.120. The largest absolute Gasteiger partial charge is 0.371 e. The van der Waals surface area contributed by atoms with E-state index in [2.05, 4.69) is 10.3 Å². The Hall–Kier alpha value is -0.570. The topological polar surface area (TPSA) is 33.6 Å². The summed E-state index contributed by atoms with van der Waals surface area (Å²) < 4.78 is 5.33. The lowest BCUT2D eigenvalue weighted by Crippen LogP contribution is -2.31. The zero-order chi connectivity index (χ0) is 7.40. The minimum Gasteiger partial charge on any atom is -0.371 e. The Morgan fingerprint density at radius 2 is 2.60 bits per heavy atom. The van der Waals surface area contributed by atoms with Crippen molar-refractivity contribution in [3.05, 3.63) is 0 Å². The third-order valence-corrected chi connectivity index (χ3v) is 1.50. The molecule has 1 atom stereocenters. The van der Waals surface area contributed by atoms with Crippen LogP contribution in [0.2, 0.25) is 0 Å². The lowest BCUT2D eigenvalue weighted by Gasteiger charge is -2.10. The zero-order valence-electron chi connectivity index (χ0n) is 6.55. The van der Waals surface area contributed by atoms with Gasteiger partial charge in [0.05, 0.1) is 6.54 Å². The van der Waals surface area contributed by atoms with Crippen LogP contribution in [0.5, 0.6) is 0 Å². The molecular weight excluding hydrogens is 128 g/mol. The number of nitrogens with one attached hydrogen (secondary N) is 1. The van der Waals surface area contributed by atoms with Crippen LogP contribution in [-0.2, 0) is 4.74 Å². The molecule has 3 nitrogen and oxygen atoms in total. The molecule has 0 fully saturated rings. The maximum absolute atomic E-state index is 5.33. The van der Waals surface area contributed by atoms with E-state index in [1.54, 1.807) is 0 Å². The molecule has 1 rings (SSSR count). The molecule has 0 radical (unpaired) electrons. The Labute approximate surface area is 61.5 Å². The van der Waals surface area contributed by atoms with Crippen molar-refractivity contribution >= 4 is 5.84 Å². The smallest absolute Gasteiger partial charge is 0.126 e. The van der Waals surface area contributed by atoms with Gasteiger partial charge < -0.3 is 10.1 Å². The summed E-state index contributed by atoms with van der Waals surface area (Å²) in [7, 11) is 0. The van der Waals surface area contributed by atoms with Gasteiger partial charge in [-0.3, -0.25) is 4.99 Å². The third-order valence-electron chi connectivity index (χ3n) is 1.50. The molecule has 1 aliphatic rings. The summed E-state index contributed by atoms with van der Waals surface area (Å²) in [5.74, 6) is 1.00. The van der Waals surface area contributed by atoms with E-state index >= 15 is 0 Å². The van der Waals surface area contributed by atoms with Gasteiger partial charge in [0, 0.05) is 13.2 Å². The van der Waals surface area contributed by atoms with Crippen LogP contribution < -0.4 is 5.32 Å². The van der Waals surface area contributed by atoms with Crippen LogP contribution in [0.4, 0.5) is 0 Å². The molecule has 0 aromatic rings. The van der Waals surface area contributed by atoms with Crippen molar-refractivity contribution in [2.24, 2.45) is 4.99 Å². The molecule has 0 saturated heterocycles. The molecule has 10 heavy (non-hydrogen) atoms. The van der Waals surface area contributed by atoms with Crippen LogP contribution in [0.1, 0.15) is 13.8 Å². The van der Waals surface area contributed by atoms with Crippen molar-refractivity contribution in [1.82, 2.24) is 5.32 Å². The van der Waals surface area contributed by atoms with E-state index in [1.807, 2.05) is 13.8 Å².